The third-order valence-corrected chi connectivity index (χ3v) is 4.87. The standard InChI is InChI=1S/C20H29N3O2S.HI/c1-6-24-18-11-9-16(12-19(18)25-7-2)15(4)23-20(21-5)22-13-17-10-8-14(3)26-17;/h8-12,15H,6-7,13H2,1-5H3,(H2,21,22,23);1H. The van der Waals surface area contributed by atoms with E-state index in [2.05, 4.69) is 47.7 Å². The van der Waals surface area contributed by atoms with Crippen molar-refractivity contribution < 1.29 is 9.47 Å². The van der Waals surface area contributed by atoms with Gasteiger partial charge in [0.15, 0.2) is 17.5 Å². The van der Waals surface area contributed by atoms with Gasteiger partial charge in [-0.3, -0.25) is 4.99 Å². The topological polar surface area (TPSA) is 54.9 Å². The number of nitrogens with one attached hydrogen (secondary N) is 2. The molecule has 1 atom stereocenters. The van der Waals surface area contributed by atoms with Crippen LogP contribution in [0, 0.1) is 6.92 Å². The summed E-state index contributed by atoms with van der Waals surface area (Å²) >= 11 is 1.79. The minimum Gasteiger partial charge on any atom is -0.490 e. The molecule has 150 valence electrons. The Labute approximate surface area is 183 Å². The molecule has 1 unspecified atom stereocenters. The van der Waals surface area contributed by atoms with E-state index >= 15 is 0 Å². The lowest BCUT2D eigenvalue weighted by atomic mass is 10.1. The molecule has 2 aromatic rings. The zero-order valence-corrected chi connectivity index (χ0v) is 19.8. The smallest absolute Gasteiger partial charge is 0.191 e. The van der Waals surface area contributed by atoms with Crippen molar-refractivity contribution in [3.63, 3.8) is 0 Å². The molecule has 27 heavy (non-hydrogen) atoms. The first-order valence-electron chi connectivity index (χ1n) is 8.99. The molecule has 2 N–H and O–H groups in total. The van der Waals surface area contributed by atoms with E-state index in [-0.39, 0.29) is 30.0 Å². The van der Waals surface area contributed by atoms with Gasteiger partial charge >= 0.3 is 0 Å². The van der Waals surface area contributed by atoms with E-state index < -0.39 is 0 Å². The van der Waals surface area contributed by atoms with Crippen LogP contribution in [0.25, 0.3) is 0 Å². The summed E-state index contributed by atoms with van der Waals surface area (Å²) in [5.41, 5.74) is 1.12. The van der Waals surface area contributed by atoms with Crippen LogP contribution >= 0.6 is 35.3 Å². The highest BCUT2D eigenvalue weighted by Crippen LogP contribution is 2.30. The Morgan fingerprint density at radius 2 is 1.81 bits per heavy atom. The van der Waals surface area contributed by atoms with E-state index in [1.54, 1.807) is 18.4 Å². The Morgan fingerprint density at radius 1 is 1.11 bits per heavy atom. The van der Waals surface area contributed by atoms with E-state index in [1.165, 1.54) is 9.75 Å². The highest BCUT2D eigenvalue weighted by molar-refractivity contribution is 14.0. The van der Waals surface area contributed by atoms with E-state index in [0.29, 0.717) is 13.2 Å². The number of rotatable bonds is 8. The molecule has 0 fully saturated rings. The van der Waals surface area contributed by atoms with Crippen molar-refractivity contribution >= 4 is 41.3 Å². The van der Waals surface area contributed by atoms with Crippen LogP contribution in [-0.4, -0.2) is 26.2 Å². The summed E-state index contributed by atoms with van der Waals surface area (Å²) in [4.78, 5) is 6.93. The maximum Gasteiger partial charge on any atom is 0.191 e. The van der Waals surface area contributed by atoms with E-state index in [1.807, 2.05) is 26.0 Å². The number of guanidine groups is 1. The van der Waals surface area contributed by atoms with Crippen molar-refractivity contribution in [1.82, 2.24) is 10.6 Å². The lowest BCUT2D eigenvalue weighted by Gasteiger charge is -2.20. The number of ether oxygens (including phenoxy) is 2. The Kier molecular flexibility index (Phi) is 10.5. The highest BCUT2D eigenvalue weighted by Gasteiger charge is 2.12. The average Bonchev–Trinajstić information content (AvgIpc) is 3.05. The molecule has 7 heteroatoms. The maximum absolute atomic E-state index is 5.72. The van der Waals surface area contributed by atoms with Crippen LogP contribution in [0.4, 0.5) is 0 Å². The Morgan fingerprint density at radius 3 is 2.41 bits per heavy atom. The molecule has 0 saturated carbocycles. The molecular weight excluding hydrogens is 473 g/mol. The van der Waals surface area contributed by atoms with Gasteiger partial charge in [-0.25, -0.2) is 0 Å². The molecule has 2 rings (SSSR count). The van der Waals surface area contributed by atoms with E-state index in [4.69, 9.17) is 9.47 Å². The van der Waals surface area contributed by atoms with Crippen molar-refractivity contribution in [1.29, 1.82) is 0 Å². The second-order valence-electron chi connectivity index (χ2n) is 5.88. The fraction of sp³-hybridized carbons (Fsp3) is 0.450. The second kappa shape index (κ2) is 12.1. The van der Waals surface area contributed by atoms with Gasteiger partial charge in [0.2, 0.25) is 0 Å². The quantitative estimate of drug-likeness (QED) is 0.306. The predicted molar refractivity (Wildman–Crippen MR) is 125 cm³/mol. The van der Waals surface area contributed by atoms with Crippen LogP contribution in [0.5, 0.6) is 11.5 Å². The Bertz CT molecular complexity index is 734. The zero-order valence-electron chi connectivity index (χ0n) is 16.7. The molecule has 0 aliphatic heterocycles. The van der Waals surface area contributed by atoms with Crippen LogP contribution in [-0.2, 0) is 6.54 Å². The van der Waals surface area contributed by atoms with Crippen molar-refractivity contribution in [2.45, 2.75) is 40.3 Å². The van der Waals surface area contributed by atoms with Crippen LogP contribution < -0.4 is 20.1 Å². The fourth-order valence-corrected chi connectivity index (χ4v) is 3.40. The van der Waals surface area contributed by atoms with Gasteiger partial charge in [0.1, 0.15) is 0 Å². The van der Waals surface area contributed by atoms with Crippen molar-refractivity contribution in [3.8, 4) is 11.5 Å². The van der Waals surface area contributed by atoms with E-state index in [0.717, 1.165) is 29.6 Å². The lowest BCUT2D eigenvalue weighted by Crippen LogP contribution is -2.38. The Balaban J connectivity index is 0.00000364. The van der Waals surface area contributed by atoms with Crippen LogP contribution in [0.15, 0.2) is 35.3 Å². The molecule has 0 aliphatic rings. The summed E-state index contributed by atoms with van der Waals surface area (Å²) < 4.78 is 11.4. The van der Waals surface area contributed by atoms with Gasteiger partial charge in [-0.05, 0) is 57.5 Å². The third-order valence-electron chi connectivity index (χ3n) is 3.87. The molecule has 0 saturated heterocycles. The second-order valence-corrected chi connectivity index (χ2v) is 7.25. The number of aliphatic imine (C=N–C) groups is 1. The fourth-order valence-electron chi connectivity index (χ4n) is 2.57. The molecule has 1 heterocycles. The number of thiophene rings is 1. The van der Waals surface area contributed by atoms with Gasteiger partial charge < -0.3 is 20.1 Å². The van der Waals surface area contributed by atoms with Crippen LogP contribution in [0.3, 0.4) is 0 Å². The number of halogens is 1. The van der Waals surface area contributed by atoms with E-state index in [9.17, 15) is 0 Å². The number of benzene rings is 1. The van der Waals surface area contributed by atoms with Gasteiger partial charge in [-0.1, -0.05) is 6.07 Å². The molecule has 0 radical (unpaired) electrons. The summed E-state index contributed by atoms with van der Waals surface area (Å²) in [6, 6.07) is 10.4. The summed E-state index contributed by atoms with van der Waals surface area (Å²) in [5.74, 6) is 2.33. The molecule has 0 amide bonds. The van der Waals surface area contributed by atoms with Gasteiger partial charge in [0.05, 0.1) is 25.8 Å². The van der Waals surface area contributed by atoms with Crippen molar-refractivity contribution in [3.05, 3.63) is 45.6 Å². The highest BCUT2D eigenvalue weighted by atomic mass is 127. The van der Waals surface area contributed by atoms with Gasteiger partial charge in [0.25, 0.3) is 0 Å². The Hall–Kier alpha value is -1.48. The van der Waals surface area contributed by atoms with Gasteiger partial charge in [-0.15, -0.1) is 35.3 Å². The third kappa shape index (κ3) is 7.21. The summed E-state index contributed by atoms with van der Waals surface area (Å²) in [6.07, 6.45) is 0. The molecular formula is C20H30IN3O2S. The zero-order chi connectivity index (χ0) is 18.9. The summed E-state index contributed by atoms with van der Waals surface area (Å²) in [7, 11) is 1.78. The minimum atomic E-state index is 0. The molecule has 1 aromatic heterocycles. The number of hydrogen-bond acceptors (Lipinski definition) is 4. The monoisotopic (exact) mass is 503 g/mol. The first-order valence-corrected chi connectivity index (χ1v) is 9.81. The normalized spacial score (nSPS) is 12.1. The minimum absolute atomic E-state index is 0. The molecule has 0 aliphatic carbocycles. The van der Waals surface area contributed by atoms with Gasteiger partial charge in [-0.2, -0.15) is 0 Å². The number of nitrogens with zero attached hydrogens (tertiary/aromatic N) is 1. The van der Waals surface area contributed by atoms with Gasteiger partial charge in [0, 0.05) is 16.8 Å². The largest absolute Gasteiger partial charge is 0.490 e. The molecule has 1 aromatic carbocycles. The maximum atomic E-state index is 5.72. The van der Waals surface area contributed by atoms with Crippen molar-refractivity contribution in [2.24, 2.45) is 4.99 Å². The molecule has 5 nitrogen and oxygen atoms in total. The predicted octanol–water partition coefficient (Wildman–Crippen LogP) is 4.90. The lowest BCUT2D eigenvalue weighted by molar-refractivity contribution is 0.287. The molecule has 0 spiro atoms. The average molecular weight is 503 g/mol. The SMILES string of the molecule is CCOc1ccc(C(C)NC(=NC)NCc2ccc(C)s2)cc1OCC.I. The van der Waals surface area contributed by atoms with Crippen LogP contribution in [0.2, 0.25) is 0 Å². The number of aryl methyl sites for hydroxylation is 1. The number of hydrogen-bond donors (Lipinski definition) is 2. The molecule has 0 bridgehead atoms. The first kappa shape index (κ1) is 23.6. The van der Waals surface area contributed by atoms with Crippen molar-refractivity contribution in [2.75, 3.05) is 20.3 Å². The van der Waals surface area contributed by atoms with Crippen LogP contribution in [0.1, 0.15) is 42.1 Å². The first-order chi connectivity index (χ1) is 12.6. The summed E-state index contributed by atoms with van der Waals surface area (Å²) in [5, 5.41) is 6.79. The summed E-state index contributed by atoms with van der Waals surface area (Å²) in [6.45, 7) is 10.2.